The van der Waals surface area contributed by atoms with Gasteiger partial charge >= 0.3 is 0 Å². The Morgan fingerprint density at radius 1 is 1.33 bits per heavy atom. The molecule has 1 saturated heterocycles. The van der Waals surface area contributed by atoms with Crippen LogP contribution in [0.3, 0.4) is 0 Å². The second-order valence-electron chi connectivity index (χ2n) is 8.64. The molecule has 1 unspecified atom stereocenters. The van der Waals surface area contributed by atoms with Crippen LogP contribution in [0.2, 0.25) is 0 Å². The van der Waals surface area contributed by atoms with Gasteiger partial charge in [-0.3, -0.25) is 14.2 Å². The van der Waals surface area contributed by atoms with Gasteiger partial charge in [-0.05, 0) is 38.6 Å². The number of piperidine rings is 1. The second kappa shape index (κ2) is 6.53. The van der Waals surface area contributed by atoms with Crippen LogP contribution in [0.1, 0.15) is 41.9 Å². The molecule has 2 aromatic rings. The maximum atomic E-state index is 13.6. The summed E-state index contributed by atoms with van der Waals surface area (Å²) < 4.78 is 1.58. The van der Waals surface area contributed by atoms with Crippen molar-refractivity contribution in [2.45, 2.75) is 32.9 Å². The van der Waals surface area contributed by atoms with Crippen molar-refractivity contribution in [3.63, 3.8) is 0 Å². The van der Waals surface area contributed by atoms with Gasteiger partial charge < -0.3 is 21.3 Å². The minimum Gasteiger partial charge on any atom is -0.382 e. The number of hydrogen-bond acceptors (Lipinski definition) is 8. The third-order valence-electron chi connectivity index (χ3n) is 6.29. The Labute approximate surface area is 173 Å². The monoisotopic (exact) mass is 408 g/mol. The molecule has 2 aromatic heterocycles. The zero-order chi connectivity index (χ0) is 21.8. The normalized spacial score (nSPS) is 22.4. The fraction of sp³-hybridized carbons (Fsp3) is 0.450. The molecule has 10 nitrogen and oxygen atoms in total. The largest absolute Gasteiger partial charge is 0.382 e. The molecular formula is C20H24N8O2. The number of aryl methyl sites for hydroxylation is 1. The smallest absolute Gasteiger partial charge is 0.276 e. The van der Waals surface area contributed by atoms with Gasteiger partial charge in [0, 0.05) is 12.0 Å². The average Bonchev–Trinajstić information content (AvgIpc) is 2.97. The summed E-state index contributed by atoms with van der Waals surface area (Å²) in [6.07, 6.45) is 2.04. The van der Waals surface area contributed by atoms with Crippen LogP contribution in [0.15, 0.2) is 17.2 Å². The van der Waals surface area contributed by atoms with Crippen LogP contribution in [0.25, 0.3) is 0 Å². The van der Waals surface area contributed by atoms with Gasteiger partial charge in [-0.15, -0.1) is 0 Å². The highest BCUT2D eigenvalue weighted by Crippen LogP contribution is 2.45. The molecule has 0 radical (unpaired) electrons. The Bertz CT molecular complexity index is 1160. The Hall–Kier alpha value is -3.45. The average molecular weight is 408 g/mol. The number of nitriles is 1. The summed E-state index contributed by atoms with van der Waals surface area (Å²) in [5.74, 6) is -0.0896. The topological polar surface area (TPSA) is 142 Å². The molecule has 156 valence electrons. The van der Waals surface area contributed by atoms with Crippen LogP contribution in [-0.2, 0) is 5.66 Å². The fourth-order valence-electron chi connectivity index (χ4n) is 4.46. The van der Waals surface area contributed by atoms with E-state index < -0.39 is 5.66 Å². The molecule has 1 atom stereocenters. The lowest BCUT2D eigenvalue weighted by molar-refractivity contribution is -0.0239. The van der Waals surface area contributed by atoms with E-state index in [1.54, 1.807) is 17.6 Å². The van der Waals surface area contributed by atoms with E-state index >= 15 is 0 Å². The van der Waals surface area contributed by atoms with Crippen molar-refractivity contribution in [2.24, 2.45) is 5.41 Å². The summed E-state index contributed by atoms with van der Waals surface area (Å²) in [4.78, 5) is 36.6. The van der Waals surface area contributed by atoms with Crippen LogP contribution in [0.4, 0.5) is 17.3 Å². The molecule has 4 N–H and O–H groups in total. The van der Waals surface area contributed by atoms with Gasteiger partial charge in [-0.25, -0.2) is 9.97 Å². The number of likely N-dealkylation sites (N-methyl/N-ethyl adjacent to an activating group) is 1. The van der Waals surface area contributed by atoms with E-state index in [1.165, 1.54) is 6.33 Å². The number of nitrogens with one attached hydrogen (secondary N) is 2. The van der Waals surface area contributed by atoms with Crippen LogP contribution < -0.4 is 21.9 Å². The molecule has 1 amide bonds. The summed E-state index contributed by atoms with van der Waals surface area (Å²) >= 11 is 0. The molecule has 4 rings (SSSR count). The Morgan fingerprint density at radius 2 is 2.07 bits per heavy atom. The first kappa shape index (κ1) is 19.8. The molecular weight excluding hydrogens is 384 g/mol. The zero-order valence-electron chi connectivity index (χ0n) is 17.4. The lowest BCUT2D eigenvalue weighted by Crippen LogP contribution is -2.65. The maximum absolute atomic E-state index is 13.6. The molecule has 2 aliphatic rings. The standard InChI is InChI=1S/C20H24N8O2/c1-11-7-13(25-16-12(8-21)15(22)23-10-24-16)18(30)28-14(11)17(29)26-20(28)9-27(4)6-5-19(20,2)3/h7,10H,5-6,9H2,1-4H3,(H,26,29)(H3,22,23,24,25). The molecule has 30 heavy (non-hydrogen) atoms. The number of pyridine rings is 1. The molecule has 10 heteroatoms. The second-order valence-corrected chi connectivity index (χ2v) is 8.64. The summed E-state index contributed by atoms with van der Waals surface area (Å²) in [5.41, 5.74) is 5.45. The number of likely N-dealkylation sites (tertiary alicyclic amines) is 1. The first-order valence-corrected chi connectivity index (χ1v) is 9.67. The summed E-state index contributed by atoms with van der Waals surface area (Å²) in [5, 5.41) is 15.4. The van der Waals surface area contributed by atoms with Crippen molar-refractivity contribution in [3.05, 3.63) is 39.6 Å². The number of hydrogen-bond donors (Lipinski definition) is 3. The number of nitrogens with zero attached hydrogens (tertiary/aromatic N) is 5. The van der Waals surface area contributed by atoms with Crippen LogP contribution in [0.5, 0.6) is 0 Å². The zero-order valence-corrected chi connectivity index (χ0v) is 17.4. The summed E-state index contributed by atoms with van der Waals surface area (Å²) in [6, 6.07) is 3.56. The molecule has 0 bridgehead atoms. The van der Waals surface area contributed by atoms with Gasteiger partial charge in [0.25, 0.3) is 11.5 Å². The van der Waals surface area contributed by atoms with E-state index in [1.807, 2.05) is 13.1 Å². The first-order valence-electron chi connectivity index (χ1n) is 9.67. The van der Waals surface area contributed by atoms with Gasteiger partial charge in [0.15, 0.2) is 5.82 Å². The van der Waals surface area contributed by atoms with E-state index in [4.69, 9.17) is 5.73 Å². The maximum Gasteiger partial charge on any atom is 0.276 e. The lowest BCUT2D eigenvalue weighted by atomic mass is 9.73. The number of anilines is 3. The van der Waals surface area contributed by atoms with Gasteiger partial charge in [-0.2, -0.15) is 5.26 Å². The Kier molecular flexibility index (Phi) is 4.32. The number of fused-ring (bicyclic) bond motifs is 2. The third-order valence-corrected chi connectivity index (χ3v) is 6.29. The van der Waals surface area contributed by atoms with Crippen molar-refractivity contribution in [1.29, 1.82) is 5.26 Å². The van der Waals surface area contributed by atoms with Crippen LogP contribution in [-0.4, -0.2) is 45.5 Å². The highest BCUT2D eigenvalue weighted by Gasteiger charge is 2.56. The minimum atomic E-state index is -0.880. The number of nitrogens with two attached hydrogens (primary N) is 1. The highest BCUT2D eigenvalue weighted by molar-refractivity contribution is 5.97. The van der Waals surface area contributed by atoms with Crippen LogP contribution >= 0.6 is 0 Å². The van der Waals surface area contributed by atoms with Crippen molar-refractivity contribution in [1.82, 2.24) is 24.8 Å². The summed E-state index contributed by atoms with van der Waals surface area (Å²) in [7, 11) is 1.98. The number of carbonyl (C=O) groups is 1. The van der Waals surface area contributed by atoms with Crippen molar-refractivity contribution >= 4 is 23.2 Å². The molecule has 0 saturated carbocycles. The molecule has 0 aliphatic carbocycles. The summed E-state index contributed by atoms with van der Waals surface area (Å²) in [6.45, 7) is 7.29. The number of carbonyl (C=O) groups excluding carboxylic acids is 1. The highest BCUT2D eigenvalue weighted by atomic mass is 16.2. The first-order chi connectivity index (χ1) is 14.1. The Morgan fingerprint density at radius 3 is 2.77 bits per heavy atom. The van der Waals surface area contributed by atoms with E-state index in [0.29, 0.717) is 17.8 Å². The molecule has 0 aromatic carbocycles. The number of aromatic nitrogens is 3. The molecule has 4 heterocycles. The van der Waals surface area contributed by atoms with Gasteiger partial charge in [0.1, 0.15) is 40.8 Å². The number of nitrogen functional groups attached to an aromatic ring is 1. The van der Waals surface area contributed by atoms with Gasteiger partial charge in [0.2, 0.25) is 0 Å². The lowest BCUT2D eigenvalue weighted by Gasteiger charge is -2.51. The van der Waals surface area contributed by atoms with E-state index in [9.17, 15) is 14.9 Å². The van der Waals surface area contributed by atoms with Crippen molar-refractivity contribution in [3.8, 4) is 6.07 Å². The Balaban J connectivity index is 1.93. The van der Waals surface area contributed by atoms with Crippen molar-refractivity contribution < 1.29 is 4.79 Å². The van der Waals surface area contributed by atoms with Gasteiger partial charge in [0.05, 0.1) is 0 Å². The van der Waals surface area contributed by atoms with E-state index in [2.05, 4.69) is 39.3 Å². The SMILES string of the molecule is Cc1cc(Nc2ncnc(N)c2C#N)c(=O)n2c1C(=O)NC21CN(C)CCC1(C)C. The fourth-order valence-corrected chi connectivity index (χ4v) is 4.46. The predicted molar refractivity (Wildman–Crippen MR) is 111 cm³/mol. The van der Waals surface area contributed by atoms with Crippen molar-refractivity contribution in [2.75, 3.05) is 31.2 Å². The number of rotatable bonds is 2. The molecule has 1 spiro atoms. The van der Waals surface area contributed by atoms with Gasteiger partial charge in [-0.1, -0.05) is 13.8 Å². The number of amides is 1. The quantitative estimate of drug-likeness (QED) is 0.665. The molecule has 2 aliphatic heterocycles. The van der Waals surface area contributed by atoms with E-state index in [-0.39, 0.29) is 39.8 Å². The van der Waals surface area contributed by atoms with Crippen LogP contribution in [0, 0.1) is 23.7 Å². The molecule has 1 fully saturated rings. The third kappa shape index (κ3) is 2.66. The minimum absolute atomic E-state index is 0.0244. The van der Waals surface area contributed by atoms with E-state index in [0.717, 1.165) is 13.0 Å². The predicted octanol–water partition coefficient (Wildman–Crippen LogP) is 0.902.